The molecule has 1 aromatic rings. The van der Waals surface area contributed by atoms with Crippen molar-refractivity contribution in [2.24, 2.45) is 0 Å². The van der Waals surface area contributed by atoms with Crippen LogP contribution in [0.4, 0.5) is 0 Å². The van der Waals surface area contributed by atoms with Crippen molar-refractivity contribution >= 4 is 16.0 Å². The molecule has 7 nitrogen and oxygen atoms in total. The van der Waals surface area contributed by atoms with Crippen molar-refractivity contribution in [1.82, 2.24) is 4.89 Å². The number of hydrogen-bond acceptors (Lipinski definition) is 5. The molecule has 8 heteroatoms. The van der Waals surface area contributed by atoms with Crippen LogP contribution in [0.3, 0.4) is 0 Å². The average Bonchev–Trinajstić information content (AvgIpc) is 2.28. The number of rotatable bonds is 6. The molecule has 94 valence electrons. The second-order valence-electron chi connectivity index (χ2n) is 2.94. The van der Waals surface area contributed by atoms with Gasteiger partial charge in [-0.1, -0.05) is 4.89 Å². The molecular formula is C9H11NO6S. The van der Waals surface area contributed by atoms with E-state index in [0.717, 1.165) is 0 Å². The monoisotopic (exact) mass is 261 g/mol. The van der Waals surface area contributed by atoms with E-state index in [2.05, 4.69) is 4.84 Å². The normalized spacial score (nSPS) is 11.1. The van der Waals surface area contributed by atoms with Crippen LogP contribution in [-0.4, -0.2) is 33.2 Å². The second kappa shape index (κ2) is 5.62. The summed E-state index contributed by atoms with van der Waals surface area (Å²) >= 11 is 0. The van der Waals surface area contributed by atoms with E-state index in [1.807, 2.05) is 0 Å². The van der Waals surface area contributed by atoms with Crippen LogP contribution < -0.4 is 9.62 Å². The molecular weight excluding hydrogens is 250 g/mol. The van der Waals surface area contributed by atoms with Gasteiger partial charge >= 0.3 is 5.97 Å². The van der Waals surface area contributed by atoms with Crippen molar-refractivity contribution < 1.29 is 27.9 Å². The Kier molecular flexibility index (Phi) is 4.44. The van der Waals surface area contributed by atoms with Gasteiger partial charge in [0.2, 0.25) is 0 Å². The molecule has 0 aromatic heterocycles. The van der Waals surface area contributed by atoms with Crippen LogP contribution in [0, 0.1) is 0 Å². The van der Waals surface area contributed by atoms with Crippen molar-refractivity contribution in [2.75, 3.05) is 13.7 Å². The average molecular weight is 261 g/mol. The fraction of sp³-hybridized carbons (Fsp3) is 0.222. The zero-order valence-corrected chi connectivity index (χ0v) is 9.73. The van der Waals surface area contributed by atoms with Crippen LogP contribution in [-0.2, 0) is 19.7 Å². The maximum absolute atomic E-state index is 11.5. The lowest BCUT2D eigenvalue weighted by molar-refractivity contribution is -0.143. The minimum absolute atomic E-state index is 0.0521. The van der Waals surface area contributed by atoms with E-state index in [-0.39, 0.29) is 4.90 Å². The molecule has 0 saturated carbocycles. The van der Waals surface area contributed by atoms with Gasteiger partial charge in [0.15, 0.2) is 6.61 Å². The molecule has 0 bridgehead atoms. The number of carboxylic acids is 1. The Bertz CT molecular complexity index is 481. The van der Waals surface area contributed by atoms with Crippen LogP contribution in [0.5, 0.6) is 5.75 Å². The molecule has 0 spiro atoms. The number of carboxylic acid groups (broad SMARTS) is 1. The molecule has 0 unspecified atom stereocenters. The van der Waals surface area contributed by atoms with E-state index in [4.69, 9.17) is 9.84 Å². The van der Waals surface area contributed by atoms with Crippen LogP contribution in [0.2, 0.25) is 0 Å². The third-order valence-corrected chi connectivity index (χ3v) is 2.96. The molecule has 0 atom stereocenters. The number of methoxy groups -OCH3 is 1. The predicted molar refractivity (Wildman–Crippen MR) is 56.9 cm³/mol. The van der Waals surface area contributed by atoms with Gasteiger partial charge < -0.3 is 9.84 Å². The van der Waals surface area contributed by atoms with E-state index < -0.39 is 22.6 Å². The number of nitrogens with one attached hydrogen (secondary N) is 1. The molecule has 0 amide bonds. The fourth-order valence-electron chi connectivity index (χ4n) is 0.972. The summed E-state index contributed by atoms with van der Waals surface area (Å²) in [5, 5.41) is 8.27. The zero-order valence-electron chi connectivity index (χ0n) is 8.91. The summed E-state index contributed by atoms with van der Waals surface area (Å²) in [6.45, 7) is -0.755. The smallest absolute Gasteiger partial charge is 0.331 e. The van der Waals surface area contributed by atoms with Crippen molar-refractivity contribution in [3.05, 3.63) is 24.3 Å². The van der Waals surface area contributed by atoms with E-state index in [0.29, 0.717) is 5.75 Å². The number of benzene rings is 1. The topological polar surface area (TPSA) is 102 Å². The van der Waals surface area contributed by atoms with Crippen LogP contribution in [0.25, 0.3) is 0 Å². The van der Waals surface area contributed by atoms with Gasteiger partial charge in [0.1, 0.15) is 5.75 Å². The minimum Gasteiger partial charge on any atom is -0.497 e. The Morgan fingerprint density at radius 3 is 2.41 bits per heavy atom. The molecule has 0 aliphatic rings. The Morgan fingerprint density at radius 2 is 1.94 bits per heavy atom. The highest BCUT2D eigenvalue weighted by Crippen LogP contribution is 2.14. The molecule has 0 radical (unpaired) electrons. The summed E-state index contributed by atoms with van der Waals surface area (Å²) in [5.74, 6) is -0.766. The molecule has 0 fully saturated rings. The van der Waals surface area contributed by atoms with Gasteiger partial charge in [0, 0.05) is 0 Å². The maximum Gasteiger partial charge on any atom is 0.331 e. The quantitative estimate of drug-likeness (QED) is 0.698. The van der Waals surface area contributed by atoms with E-state index in [9.17, 15) is 13.2 Å². The van der Waals surface area contributed by atoms with E-state index in [1.165, 1.54) is 31.4 Å². The standard InChI is InChI=1S/C9H11NO6S/c1-15-7-2-4-8(5-3-7)17(13,14)10-16-6-9(11)12/h2-5,10H,6H2,1H3,(H,11,12). The molecule has 1 rings (SSSR count). The second-order valence-corrected chi connectivity index (χ2v) is 4.59. The first-order valence-electron chi connectivity index (χ1n) is 4.45. The lowest BCUT2D eigenvalue weighted by atomic mass is 10.3. The Hall–Kier alpha value is -1.64. The summed E-state index contributed by atoms with van der Waals surface area (Å²) < 4.78 is 28.0. The highest BCUT2D eigenvalue weighted by Gasteiger charge is 2.14. The molecule has 0 saturated heterocycles. The number of aliphatic carboxylic acids is 1. The fourth-order valence-corrected chi connectivity index (χ4v) is 1.78. The van der Waals surface area contributed by atoms with Crippen molar-refractivity contribution in [3.63, 3.8) is 0 Å². The third kappa shape index (κ3) is 4.02. The largest absolute Gasteiger partial charge is 0.497 e. The van der Waals surface area contributed by atoms with E-state index >= 15 is 0 Å². The van der Waals surface area contributed by atoms with Crippen LogP contribution in [0.15, 0.2) is 29.2 Å². The first-order chi connectivity index (χ1) is 7.95. The summed E-state index contributed by atoms with van der Waals surface area (Å²) in [6, 6.07) is 5.55. The first-order valence-corrected chi connectivity index (χ1v) is 5.93. The highest BCUT2D eigenvalue weighted by atomic mass is 32.2. The minimum atomic E-state index is -3.87. The number of carbonyl (C=O) groups is 1. The van der Waals surface area contributed by atoms with E-state index in [1.54, 1.807) is 4.89 Å². The summed E-state index contributed by atoms with van der Waals surface area (Å²) in [5.41, 5.74) is 0. The van der Waals surface area contributed by atoms with Crippen molar-refractivity contribution in [1.29, 1.82) is 0 Å². The summed E-state index contributed by atoms with van der Waals surface area (Å²) in [6.07, 6.45) is 0. The third-order valence-electron chi connectivity index (χ3n) is 1.73. The van der Waals surface area contributed by atoms with Gasteiger partial charge in [-0.15, -0.1) is 0 Å². The lowest BCUT2D eigenvalue weighted by Crippen LogP contribution is -2.26. The van der Waals surface area contributed by atoms with Gasteiger partial charge in [-0.25, -0.2) is 13.2 Å². The summed E-state index contributed by atoms with van der Waals surface area (Å²) in [4.78, 5) is 16.1. The highest BCUT2D eigenvalue weighted by molar-refractivity contribution is 7.89. The summed E-state index contributed by atoms with van der Waals surface area (Å²) in [7, 11) is -2.42. The predicted octanol–water partition coefficient (Wildman–Crippen LogP) is -0.0103. The Labute approximate surface area is 98.0 Å². The van der Waals surface area contributed by atoms with Crippen LogP contribution >= 0.6 is 0 Å². The first kappa shape index (κ1) is 13.4. The zero-order chi connectivity index (χ0) is 12.9. The maximum atomic E-state index is 11.5. The van der Waals surface area contributed by atoms with Gasteiger partial charge in [-0.3, -0.25) is 4.84 Å². The van der Waals surface area contributed by atoms with Crippen molar-refractivity contribution in [3.8, 4) is 5.75 Å². The molecule has 0 aliphatic carbocycles. The van der Waals surface area contributed by atoms with Gasteiger partial charge in [0.25, 0.3) is 10.0 Å². The lowest BCUT2D eigenvalue weighted by Gasteiger charge is -2.06. The molecule has 0 heterocycles. The SMILES string of the molecule is COc1ccc(S(=O)(=O)NOCC(=O)O)cc1. The molecule has 0 aliphatic heterocycles. The van der Waals surface area contributed by atoms with Gasteiger partial charge in [-0.2, -0.15) is 0 Å². The Balaban J connectivity index is 2.72. The molecule has 2 N–H and O–H groups in total. The number of sulfonamides is 1. The van der Waals surface area contributed by atoms with Crippen LogP contribution in [0.1, 0.15) is 0 Å². The van der Waals surface area contributed by atoms with Crippen molar-refractivity contribution in [2.45, 2.75) is 4.90 Å². The molecule has 1 aromatic carbocycles. The van der Waals surface area contributed by atoms with Gasteiger partial charge in [-0.05, 0) is 24.3 Å². The van der Waals surface area contributed by atoms with Gasteiger partial charge in [0.05, 0.1) is 12.0 Å². The number of ether oxygens (including phenoxy) is 1. The Morgan fingerprint density at radius 1 is 1.35 bits per heavy atom. The molecule has 17 heavy (non-hydrogen) atoms. The number of hydrogen-bond donors (Lipinski definition) is 2.